The predicted octanol–water partition coefficient (Wildman–Crippen LogP) is 3.72. The minimum Gasteiger partial charge on any atom is -0.493 e. The van der Waals surface area contributed by atoms with Crippen molar-refractivity contribution in [3.63, 3.8) is 0 Å². The summed E-state index contributed by atoms with van der Waals surface area (Å²) >= 11 is 2.98. The second kappa shape index (κ2) is 5.23. The highest BCUT2D eigenvalue weighted by molar-refractivity contribution is 9.10. The third kappa shape index (κ3) is 2.37. The molecule has 3 aromatic heterocycles. The van der Waals surface area contributed by atoms with E-state index >= 15 is 0 Å². The molecule has 0 N–H and O–H groups in total. The summed E-state index contributed by atoms with van der Waals surface area (Å²) in [5.74, 6) is -0.499. The standard InChI is InChI=1S/C15H11BrF2N4O/c1-23-11-6-22-15(21-12(11)7-2-3-7)8(5-19-22)13-9(17)4-10(18)14(16)20-13/h4-7H,2-3H2,1H3. The fourth-order valence-corrected chi connectivity index (χ4v) is 2.81. The number of hydrogen-bond donors (Lipinski definition) is 0. The molecule has 4 rings (SSSR count). The SMILES string of the molecule is COc1cn2ncc(-c3nc(Br)c(F)cc3F)c2nc1C1CC1. The van der Waals surface area contributed by atoms with Crippen molar-refractivity contribution in [2.75, 3.05) is 7.11 Å². The molecule has 0 aliphatic heterocycles. The molecule has 3 heterocycles. The fraction of sp³-hybridized carbons (Fsp3) is 0.267. The van der Waals surface area contributed by atoms with Crippen LogP contribution in [0.3, 0.4) is 0 Å². The third-order valence-corrected chi connectivity index (χ3v) is 4.37. The van der Waals surface area contributed by atoms with Crippen molar-refractivity contribution in [1.29, 1.82) is 0 Å². The summed E-state index contributed by atoms with van der Waals surface area (Å²) in [7, 11) is 1.58. The molecule has 0 unspecified atom stereocenters. The highest BCUT2D eigenvalue weighted by Gasteiger charge is 2.30. The zero-order chi connectivity index (χ0) is 16.1. The molecule has 0 radical (unpaired) electrons. The summed E-state index contributed by atoms with van der Waals surface area (Å²) in [6.45, 7) is 0. The lowest BCUT2D eigenvalue weighted by Gasteiger charge is -2.08. The van der Waals surface area contributed by atoms with Gasteiger partial charge >= 0.3 is 0 Å². The van der Waals surface area contributed by atoms with Crippen molar-refractivity contribution < 1.29 is 13.5 Å². The molecule has 118 valence electrons. The number of rotatable bonds is 3. The van der Waals surface area contributed by atoms with Crippen LogP contribution in [0.25, 0.3) is 16.9 Å². The molecule has 0 atom stereocenters. The van der Waals surface area contributed by atoms with E-state index < -0.39 is 11.6 Å². The Morgan fingerprint density at radius 1 is 1.26 bits per heavy atom. The topological polar surface area (TPSA) is 52.3 Å². The molecule has 1 saturated carbocycles. The van der Waals surface area contributed by atoms with Crippen LogP contribution in [0, 0.1) is 11.6 Å². The number of ether oxygens (including phenoxy) is 1. The Kier molecular flexibility index (Phi) is 3.29. The van der Waals surface area contributed by atoms with Gasteiger partial charge in [0.25, 0.3) is 0 Å². The van der Waals surface area contributed by atoms with Crippen LogP contribution < -0.4 is 4.74 Å². The van der Waals surface area contributed by atoms with Crippen LogP contribution in [0.15, 0.2) is 23.1 Å². The average molecular weight is 381 g/mol. The minimum atomic E-state index is -0.758. The lowest BCUT2D eigenvalue weighted by Crippen LogP contribution is -2.00. The molecule has 1 fully saturated rings. The predicted molar refractivity (Wildman–Crippen MR) is 82.4 cm³/mol. The van der Waals surface area contributed by atoms with Gasteiger partial charge in [0.05, 0.1) is 30.8 Å². The van der Waals surface area contributed by atoms with Crippen molar-refractivity contribution in [3.8, 4) is 17.0 Å². The first kappa shape index (κ1) is 14.5. The maximum atomic E-state index is 14.1. The molecule has 1 aliphatic rings. The molecule has 5 nitrogen and oxygen atoms in total. The average Bonchev–Trinajstić information content (AvgIpc) is 3.30. The summed E-state index contributed by atoms with van der Waals surface area (Å²) < 4.78 is 34.3. The molecular formula is C15H11BrF2N4O. The Labute approximate surface area is 138 Å². The van der Waals surface area contributed by atoms with Gasteiger partial charge in [-0.25, -0.2) is 23.3 Å². The Balaban J connectivity index is 1.94. The highest BCUT2D eigenvalue weighted by Crippen LogP contribution is 2.43. The lowest BCUT2D eigenvalue weighted by molar-refractivity contribution is 0.403. The van der Waals surface area contributed by atoms with Crippen LogP contribution in [0.4, 0.5) is 8.78 Å². The first-order valence-corrected chi connectivity index (χ1v) is 7.82. The van der Waals surface area contributed by atoms with E-state index in [1.54, 1.807) is 13.3 Å². The second-order valence-corrected chi connectivity index (χ2v) is 6.14. The van der Waals surface area contributed by atoms with E-state index in [4.69, 9.17) is 4.74 Å². The van der Waals surface area contributed by atoms with Crippen LogP contribution in [-0.4, -0.2) is 26.7 Å². The van der Waals surface area contributed by atoms with Gasteiger partial charge < -0.3 is 4.74 Å². The van der Waals surface area contributed by atoms with E-state index in [0.29, 0.717) is 22.9 Å². The van der Waals surface area contributed by atoms with Gasteiger partial charge in [0, 0.05) is 12.0 Å². The third-order valence-electron chi connectivity index (χ3n) is 3.81. The zero-order valence-electron chi connectivity index (χ0n) is 12.1. The van der Waals surface area contributed by atoms with Crippen molar-refractivity contribution in [2.24, 2.45) is 0 Å². The van der Waals surface area contributed by atoms with Gasteiger partial charge in [0.2, 0.25) is 0 Å². The smallest absolute Gasteiger partial charge is 0.165 e. The molecule has 0 saturated heterocycles. The lowest BCUT2D eigenvalue weighted by atomic mass is 10.2. The molecule has 23 heavy (non-hydrogen) atoms. The normalized spacial score (nSPS) is 14.4. The number of methoxy groups -OCH3 is 1. The number of nitrogens with zero attached hydrogens (tertiary/aromatic N) is 4. The number of pyridine rings is 1. The summed E-state index contributed by atoms with van der Waals surface area (Å²) in [5, 5.41) is 4.18. The number of halogens is 3. The zero-order valence-corrected chi connectivity index (χ0v) is 13.6. The van der Waals surface area contributed by atoms with Gasteiger partial charge in [0.1, 0.15) is 10.3 Å². The van der Waals surface area contributed by atoms with Gasteiger partial charge in [-0.05, 0) is 28.8 Å². The maximum absolute atomic E-state index is 14.1. The van der Waals surface area contributed by atoms with Crippen molar-refractivity contribution in [3.05, 3.63) is 40.4 Å². The van der Waals surface area contributed by atoms with Gasteiger partial charge in [-0.1, -0.05) is 0 Å². The highest BCUT2D eigenvalue weighted by atomic mass is 79.9. The largest absolute Gasteiger partial charge is 0.493 e. The molecule has 0 spiro atoms. The quantitative estimate of drug-likeness (QED) is 0.649. The van der Waals surface area contributed by atoms with Crippen molar-refractivity contribution in [2.45, 2.75) is 18.8 Å². The fourth-order valence-electron chi connectivity index (χ4n) is 2.51. The Hall–Kier alpha value is -2.09. The first-order valence-electron chi connectivity index (χ1n) is 7.02. The number of aromatic nitrogens is 4. The van der Waals surface area contributed by atoms with Crippen LogP contribution in [0.5, 0.6) is 5.75 Å². The molecule has 0 amide bonds. The van der Waals surface area contributed by atoms with Crippen LogP contribution in [0.2, 0.25) is 0 Å². The molecule has 0 aromatic carbocycles. The van der Waals surface area contributed by atoms with Gasteiger partial charge in [-0.2, -0.15) is 5.10 Å². The summed E-state index contributed by atoms with van der Waals surface area (Å²) in [4.78, 5) is 8.54. The van der Waals surface area contributed by atoms with E-state index in [0.717, 1.165) is 24.6 Å². The van der Waals surface area contributed by atoms with E-state index in [1.807, 2.05) is 0 Å². The van der Waals surface area contributed by atoms with Crippen LogP contribution in [0.1, 0.15) is 24.5 Å². The van der Waals surface area contributed by atoms with E-state index in [2.05, 4.69) is 31.0 Å². The number of hydrogen-bond acceptors (Lipinski definition) is 4. The molecule has 8 heteroatoms. The Morgan fingerprint density at radius 2 is 2.04 bits per heavy atom. The van der Waals surface area contributed by atoms with Crippen LogP contribution >= 0.6 is 15.9 Å². The van der Waals surface area contributed by atoms with Crippen molar-refractivity contribution in [1.82, 2.24) is 19.6 Å². The van der Waals surface area contributed by atoms with Gasteiger partial charge in [0.15, 0.2) is 23.0 Å². The van der Waals surface area contributed by atoms with E-state index in [-0.39, 0.29) is 10.3 Å². The van der Waals surface area contributed by atoms with Crippen molar-refractivity contribution >= 4 is 21.6 Å². The van der Waals surface area contributed by atoms with Gasteiger partial charge in [-0.15, -0.1) is 0 Å². The van der Waals surface area contributed by atoms with Gasteiger partial charge in [-0.3, -0.25) is 0 Å². The van der Waals surface area contributed by atoms with Crippen LogP contribution in [-0.2, 0) is 0 Å². The second-order valence-electron chi connectivity index (χ2n) is 5.39. The Bertz CT molecular complexity index is 923. The molecular weight excluding hydrogens is 370 g/mol. The Morgan fingerprint density at radius 3 is 2.74 bits per heavy atom. The number of fused-ring (bicyclic) bond motifs is 1. The summed E-state index contributed by atoms with van der Waals surface area (Å²) in [6, 6.07) is 0.793. The monoisotopic (exact) mass is 380 g/mol. The maximum Gasteiger partial charge on any atom is 0.165 e. The minimum absolute atomic E-state index is 0.00712. The first-order chi connectivity index (χ1) is 11.1. The summed E-state index contributed by atoms with van der Waals surface area (Å²) in [5.41, 5.74) is 1.72. The molecule has 3 aromatic rings. The van der Waals surface area contributed by atoms with E-state index in [1.165, 1.54) is 10.7 Å². The summed E-state index contributed by atoms with van der Waals surface area (Å²) in [6.07, 6.45) is 5.29. The molecule has 0 bridgehead atoms. The van der Waals surface area contributed by atoms with E-state index in [9.17, 15) is 8.78 Å². The molecule has 1 aliphatic carbocycles.